The lowest BCUT2D eigenvalue weighted by Crippen LogP contribution is -2.57. The van der Waals surface area contributed by atoms with Gasteiger partial charge in [0.25, 0.3) is 5.92 Å². The molecule has 0 aromatic heterocycles. The molecule has 0 radical (unpaired) electrons. The van der Waals surface area contributed by atoms with Gasteiger partial charge in [0.2, 0.25) is 5.91 Å². The number of hydrogen-bond donors (Lipinski definition) is 1. The smallest absolute Gasteiger partial charge is 0.280 e. The second kappa shape index (κ2) is 4.21. The van der Waals surface area contributed by atoms with E-state index >= 15 is 0 Å². The molecule has 1 saturated heterocycles. The van der Waals surface area contributed by atoms with Crippen LogP contribution in [0.5, 0.6) is 0 Å². The molecule has 0 aliphatic carbocycles. The van der Waals surface area contributed by atoms with Crippen molar-refractivity contribution in [3.05, 3.63) is 0 Å². The van der Waals surface area contributed by atoms with Crippen molar-refractivity contribution in [1.29, 1.82) is 0 Å². The van der Waals surface area contributed by atoms with E-state index in [9.17, 15) is 13.6 Å². The SMILES string of the molecule is CCC(=O)N1CCC(NC)C(F)(F)C1. The zero-order valence-electron chi connectivity index (χ0n) is 8.52. The highest BCUT2D eigenvalue weighted by molar-refractivity contribution is 5.76. The molecule has 1 atom stereocenters. The number of halogens is 2. The molecule has 1 aliphatic rings. The van der Waals surface area contributed by atoms with Gasteiger partial charge >= 0.3 is 0 Å². The number of carbonyl (C=O) groups excluding carboxylic acids is 1. The molecule has 0 aromatic rings. The van der Waals surface area contributed by atoms with Gasteiger partial charge in [-0.25, -0.2) is 8.78 Å². The quantitative estimate of drug-likeness (QED) is 0.726. The average Bonchev–Trinajstić information content (AvgIpc) is 2.15. The molecule has 5 heteroatoms. The predicted molar refractivity (Wildman–Crippen MR) is 49.3 cm³/mol. The molecule has 0 bridgehead atoms. The number of amides is 1. The summed E-state index contributed by atoms with van der Waals surface area (Å²) in [6.45, 7) is 1.66. The maximum atomic E-state index is 13.4. The highest BCUT2D eigenvalue weighted by Crippen LogP contribution is 2.27. The van der Waals surface area contributed by atoms with E-state index in [-0.39, 0.29) is 5.91 Å². The molecule has 82 valence electrons. The number of alkyl halides is 2. The fourth-order valence-corrected chi connectivity index (χ4v) is 1.73. The molecule has 1 unspecified atom stereocenters. The molecule has 1 N–H and O–H groups in total. The van der Waals surface area contributed by atoms with Crippen LogP contribution in [0.2, 0.25) is 0 Å². The van der Waals surface area contributed by atoms with Crippen molar-refractivity contribution in [2.45, 2.75) is 31.7 Å². The summed E-state index contributed by atoms with van der Waals surface area (Å²) >= 11 is 0. The summed E-state index contributed by atoms with van der Waals surface area (Å²) < 4.78 is 26.7. The summed E-state index contributed by atoms with van der Waals surface area (Å²) in [5.74, 6) is -3.00. The topological polar surface area (TPSA) is 32.3 Å². The molecular formula is C9H16F2N2O. The summed E-state index contributed by atoms with van der Waals surface area (Å²) in [6.07, 6.45) is 0.607. The molecule has 1 heterocycles. The highest BCUT2D eigenvalue weighted by atomic mass is 19.3. The Morgan fingerprint density at radius 2 is 2.29 bits per heavy atom. The number of piperidine rings is 1. The van der Waals surface area contributed by atoms with Crippen LogP contribution in [0.25, 0.3) is 0 Å². The standard InChI is InChI=1S/C9H16F2N2O/c1-3-8(14)13-5-4-7(12-2)9(10,11)6-13/h7,12H,3-6H2,1-2H3. The molecule has 1 aliphatic heterocycles. The lowest BCUT2D eigenvalue weighted by atomic mass is 10.0. The first-order chi connectivity index (χ1) is 6.51. The fraction of sp³-hybridized carbons (Fsp3) is 0.889. The van der Waals surface area contributed by atoms with Gasteiger partial charge in [-0.3, -0.25) is 4.79 Å². The minimum atomic E-state index is -2.81. The summed E-state index contributed by atoms with van der Waals surface area (Å²) in [5.41, 5.74) is 0. The summed E-state index contributed by atoms with van der Waals surface area (Å²) in [4.78, 5) is 12.5. The summed E-state index contributed by atoms with van der Waals surface area (Å²) in [5, 5.41) is 2.58. The molecule has 14 heavy (non-hydrogen) atoms. The Morgan fingerprint density at radius 3 is 2.71 bits per heavy atom. The van der Waals surface area contributed by atoms with Crippen LogP contribution in [0.15, 0.2) is 0 Å². The van der Waals surface area contributed by atoms with Gasteiger partial charge in [-0.1, -0.05) is 6.92 Å². The van der Waals surface area contributed by atoms with Gasteiger partial charge in [-0.15, -0.1) is 0 Å². The molecule has 0 spiro atoms. The van der Waals surface area contributed by atoms with Crippen molar-refractivity contribution in [1.82, 2.24) is 10.2 Å². The minimum absolute atomic E-state index is 0.195. The Hall–Kier alpha value is -0.710. The van der Waals surface area contributed by atoms with Gasteiger partial charge in [0.1, 0.15) is 0 Å². The first-order valence-electron chi connectivity index (χ1n) is 4.84. The van der Waals surface area contributed by atoms with E-state index in [2.05, 4.69) is 5.32 Å². The molecule has 0 saturated carbocycles. The van der Waals surface area contributed by atoms with Crippen molar-refractivity contribution in [2.75, 3.05) is 20.1 Å². The van der Waals surface area contributed by atoms with Crippen LogP contribution in [-0.4, -0.2) is 42.9 Å². The molecule has 3 nitrogen and oxygen atoms in total. The zero-order chi connectivity index (χ0) is 10.8. The van der Waals surface area contributed by atoms with E-state index in [1.807, 2.05) is 0 Å². The number of likely N-dealkylation sites (tertiary alicyclic amines) is 1. The lowest BCUT2D eigenvalue weighted by molar-refractivity contribution is -0.144. The minimum Gasteiger partial charge on any atom is -0.337 e. The number of hydrogen-bond acceptors (Lipinski definition) is 2. The number of nitrogens with one attached hydrogen (secondary N) is 1. The Kier molecular flexibility index (Phi) is 3.42. The van der Waals surface area contributed by atoms with Crippen LogP contribution in [0, 0.1) is 0 Å². The van der Waals surface area contributed by atoms with E-state index in [1.54, 1.807) is 6.92 Å². The Bertz CT molecular complexity index is 221. The Morgan fingerprint density at radius 1 is 1.64 bits per heavy atom. The monoisotopic (exact) mass is 206 g/mol. The van der Waals surface area contributed by atoms with Gasteiger partial charge in [-0.2, -0.15) is 0 Å². The maximum absolute atomic E-state index is 13.4. The van der Waals surface area contributed by atoms with E-state index in [1.165, 1.54) is 11.9 Å². The van der Waals surface area contributed by atoms with Crippen molar-refractivity contribution in [2.24, 2.45) is 0 Å². The van der Waals surface area contributed by atoms with Crippen molar-refractivity contribution < 1.29 is 13.6 Å². The summed E-state index contributed by atoms with van der Waals surface area (Å²) in [7, 11) is 1.52. The highest BCUT2D eigenvalue weighted by Gasteiger charge is 2.44. The first-order valence-corrected chi connectivity index (χ1v) is 4.84. The third-order valence-electron chi connectivity index (χ3n) is 2.60. The second-order valence-corrected chi connectivity index (χ2v) is 3.56. The normalized spacial score (nSPS) is 26.3. The van der Waals surface area contributed by atoms with E-state index < -0.39 is 18.5 Å². The van der Waals surface area contributed by atoms with Gasteiger partial charge in [0.05, 0.1) is 12.6 Å². The van der Waals surface area contributed by atoms with Gasteiger partial charge in [-0.05, 0) is 13.5 Å². The van der Waals surface area contributed by atoms with E-state index in [4.69, 9.17) is 0 Å². The van der Waals surface area contributed by atoms with Crippen LogP contribution >= 0.6 is 0 Å². The number of carbonyl (C=O) groups is 1. The van der Waals surface area contributed by atoms with Crippen molar-refractivity contribution in [3.8, 4) is 0 Å². The number of rotatable bonds is 2. The second-order valence-electron chi connectivity index (χ2n) is 3.56. The van der Waals surface area contributed by atoms with Gasteiger partial charge in [0, 0.05) is 13.0 Å². The van der Waals surface area contributed by atoms with Crippen molar-refractivity contribution in [3.63, 3.8) is 0 Å². The van der Waals surface area contributed by atoms with Crippen LogP contribution in [0.3, 0.4) is 0 Å². The van der Waals surface area contributed by atoms with Gasteiger partial charge in [0.15, 0.2) is 0 Å². The lowest BCUT2D eigenvalue weighted by Gasteiger charge is -2.38. The van der Waals surface area contributed by atoms with Crippen LogP contribution in [-0.2, 0) is 4.79 Å². The zero-order valence-corrected chi connectivity index (χ0v) is 8.52. The third kappa shape index (κ3) is 2.20. The van der Waals surface area contributed by atoms with Crippen LogP contribution in [0.1, 0.15) is 19.8 Å². The van der Waals surface area contributed by atoms with E-state index in [0.29, 0.717) is 19.4 Å². The molecule has 1 rings (SSSR count). The van der Waals surface area contributed by atoms with Crippen molar-refractivity contribution >= 4 is 5.91 Å². The average molecular weight is 206 g/mol. The fourth-order valence-electron chi connectivity index (χ4n) is 1.73. The first kappa shape index (κ1) is 11.4. The van der Waals surface area contributed by atoms with Crippen LogP contribution < -0.4 is 5.32 Å². The van der Waals surface area contributed by atoms with Crippen LogP contribution in [0.4, 0.5) is 8.78 Å². The Balaban J connectivity index is 2.62. The molecule has 0 aromatic carbocycles. The molecule has 1 fully saturated rings. The largest absolute Gasteiger partial charge is 0.337 e. The predicted octanol–water partition coefficient (Wildman–Crippen LogP) is 0.852. The maximum Gasteiger partial charge on any atom is 0.280 e. The number of nitrogens with zero attached hydrogens (tertiary/aromatic N) is 1. The molecular weight excluding hydrogens is 190 g/mol. The van der Waals surface area contributed by atoms with Gasteiger partial charge < -0.3 is 10.2 Å². The molecule has 1 amide bonds. The summed E-state index contributed by atoms with van der Waals surface area (Å²) in [6, 6.07) is -0.802. The van der Waals surface area contributed by atoms with E-state index in [0.717, 1.165) is 0 Å². The third-order valence-corrected chi connectivity index (χ3v) is 2.60. The Labute approximate surface area is 82.5 Å².